The average molecular weight is 300 g/mol. The van der Waals surface area contributed by atoms with Gasteiger partial charge in [-0.25, -0.2) is 0 Å². The van der Waals surface area contributed by atoms with Crippen molar-refractivity contribution in [1.82, 2.24) is 10.3 Å². The Kier molecular flexibility index (Phi) is 4.24. The number of hydrogen-bond acceptors (Lipinski definition) is 4. The van der Waals surface area contributed by atoms with Crippen LogP contribution in [0.15, 0.2) is 34.9 Å². The fourth-order valence-electron chi connectivity index (χ4n) is 2.59. The molecule has 1 fully saturated rings. The van der Waals surface area contributed by atoms with Gasteiger partial charge in [0.2, 0.25) is 0 Å². The second kappa shape index (κ2) is 6.32. The number of aryl methyl sites for hydroxylation is 1. The average Bonchev–Trinajstić information content (AvgIpc) is 3.25. The topological polar surface area (TPSA) is 64.4 Å². The van der Waals surface area contributed by atoms with Crippen molar-refractivity contribution in [2.75, 3.05) is 7.11 Å². The molecule has 0 radical (unpaired) electrons. The second-order valence-corrected chi connectivity index (χ2v) is 5.69. The molecule has 0 bridgehead atoms. The van der Waals surface area contributed by atoms with Crippen LogP contribution in [0.1, 0.15) is 46.5 Å². The number of rotatable bonds is 6. The van der Waals surface area contributed by atoms with Crippen molar-refractivity contribution < 1.29 is 13.9 Å². The summed E-state index contributed by atoms with van der Waals surface area (Å²) in [6.07, 6.45) is 4.01. The van der Waals surface area contributed by atoms with Gasteiger partial charge in [0.1, 0.15) is 12.4 Å². The number of ether oxygens (including phenoxy) is 1. The Morgan fingerprint density at radius 1 is 1.45 bits per heavy atom. The lowest BCUT2D eigenvalue weighted by atomic mass is 10.0. The van der Waals surface area contributed by atoms with E-state index < -0.39 is 0 Å². The van der Waals surface area contributed by atoms with Crippen molar-refractivity contribution in [1.29, 1.82) is 0 Å². The third-order valence-corrected chi connectivity index (χ3v) is 3.90. The standard InChI is InChI=1S/C17H20N2O3/c1-11-4-3-9-18-15(11)16(12-5-6-12)19-17(20)14-8-7-13(22-14)10-21-2/h3-4,7-9,12,16H,5-6,10H2,1-2H3,(H,19,20)/t16-/m1/s1. The maximum absolute atomic E-state index is 12.4. The van der Waals surface area contributed by atoms with Gasteiger partial charge in [-0.1, -0.05) is 6.07 Å². The van der Waals surface area contributed by atoms with E-state index in [4.69, 9.17) is 9.15 Å². The summed E-state index contributed by atoms with van der Waals surface area (Å²) < 4.78 is 10.5. The van der Waals surface area contributed by atoms with Crippen molar-refractivity contribution in [3.63, 3.8) is 0 Å². The van der Waals surface area contributed by atoms with Crippen LogP contribution < -0.4 is 5.32 Å². The van der Waals surface area contributed by atoms with Gasteiger partial charge in [0, 0.05) is 13.3 Å². The van der Waals surface area contributed by atoms with Crippen LogP contribution in [0, 0.1) is 12.8 Å². The quantitative estimate of drug-likeness (QED) is 0.890. The molecule has 1 amide bonds. The molecule has 1 saturated carbocycles. The van der Waals surface area contributed by atoms with Crippen LogP contribution in [0.4, 0.5) is 0 Å². The summed E-state index contributed by atoms with van der Waals surface area (Å²) in [6, 6.07) is 7.32. The first-order chi connectivity index (χ1) is 10.7. The predicted octanol–water partition coefficient (Wildman–Crippen LogP) is 3.01. The van der Waals surface area contributed by atoms with E-state index in [2.05, 4.69) is 10.3 Å². The van der Waals surface area contributed by atoms with Gasteiger partial charge < -0.3 is 14.5 Å². The highest BCUT2D eigenvalue weighted by atomic mass is 16.5. The molecule has 2 heterocycles. The monoisotopic (exact) mass is 300 g/mol. The molecule has 2 aromatic rings. The lowest BCUT2D eigenvalue weighted by molar-refractivity contribution is 0.0894. The number of hydrogen-bond donors (Lipinski definition) is 1. The molecule has 5 heteroatoms. The fraction of sp³-hybridized carbons (Fsp3) is 0.412. The highest BCUT2D eigenvalue weighted by Gasteiger charge is 2.35. The zero-order chi connectivity index (χ0) is 15.5. The Balaban J connectivity index is 1.76. The largest absolute Gasteiger partial charge is 0.453 e. The summed E-state index contributed by atoms with van der Waals surface area (Å²) in [5, 5.41) is 3.07. The summed E-state index contributed by atoms with van der Waals surface area (Å²) in [4.78, 5) is 16.9. The van der Waals surface area contributed by atoms with E-state index >= 15 is 0 Å². The van der Waals surface area contributed by atoms with Crippen LogP contribution in [0.2, 0.25) is 0 Å². The number of aromatic nitrogens is 1. The predicted molar refractivity (Wildman–Crippen MR) is 81.3 cm³/mol. The maximum atomic E-state index is 12.4. The molecule has 3 rings (SSSR count). The van der Waals surface area contributed by atoms with E-state index in [1.54, 1.807) is 25.4 Å². The number of carbonyl (C=O) groups excluding carboxylic acids is 1. The van der Waals surface area contributed by atoms with Crippen LogP contribution in [0.25, 0.3) is 0 Å². The van der Waals surface area contributed by atoms with Crippen molar-refractivity contribution in [2.24, 2.45) is 5.92 Å². The number of methoxy groups -OCH3 is 1. The van der Waals surface area contributed by atoms with Crippen molar-refractivity contribution in [3.8, 4) is 0 Å². The molecule has 0 spiro atoms. The number of furan rings is 1. The number of amides is 1. The van der Waals surface area contributed by atoms with Gasteiger partial charge in [0.05, 0.1) is 11.7 Å². The van der Waals surface area contributed by atoms with Crippen molar-refractivity contribution >= 4 is 5.91 Å². The molecular formula is C17H20N2O3. The lowest BCUT2D eigenvalue weighted by Crippen LogP contribution is -2.30. The van der Waals surface area contributed by atoms with E-state index in [9.17, 15) is 4.79 Å². The zero-order valence-corrected chi connectivity index (χ0v) is 12.8. The van der Waals surface area contributed by atoms with Gasteiger partial charge in [-0.3, -0.25) is 9.78 Å². The van der Waals surface area contributed by atoms with Crippen LogP contribution in [-0.2, 0) is 11.3 Å². The summed E-state index contributed by atoms with van der Waals surface area (Å²) >= 11 is 0. The van der Waals surface area contributed by atoms with Gasteiger partial charge in [0.25, 0.3) is 5.91 Å². The highest BCUT2D eigenvalue weighted by molar-refractivity contribution is 5.91. The van der Waals surface area contributed by atoms with E-state index in [0.717, 1.165) is 24.1 Å². The zero-order valence-electron chi connectivity index (χ0n) is 12.8. The summed E-state index contributed by atoms with van der Waals surface area (Å²) in [7, 11) is 1.59. The molecule has 1 atom stereocenters. The molecule has 0 unspecified atom stereocenters. The molecule has 22 heavy (non-hydrogen) atoms. The lowest BCUT2D eigenvalue weighted by Gasteiger charge is -2.18. The summed E-state index contributed by atoms with van der Waals surface area (Å²) in [5.74, 6) is 1.21. The Morgan fingerprint density at radius 3 is 2.95 bits per heavy atom. The first-order valence-electron chi connectivity index (χ1n) is 7.49. The number of pyridine rings is 1. The SMILES string of the molecule is COCc1ccc(C(=O)N[C@@H](c2ncccc2C)C2CC2)o1. The van der Waals surface area contributed by atoms with Crippen LogP contribution in [0.3, 0.4) is 0 Å². The summed E-state index contributed by atoms with van der Waals surface area (Å²) in [5.41, 5.74) is 2.04. The van der Waals surface area contributed by atoms with Gasteiger partial charge in [-0.05, 0) is 49.4 Å². The molecule has 5 nitrogen and oxygen atoms in total. The maximum Gasteiger partial charge on any atom is 0.287 e. The van der Waals surface area contributed by atoms with Crippen molar-refractivity contribution in [3.05, 3.63) is 53.2 Å². The molecule has 0 aliphatic heterocycles. The number of nitrogens with zero attached hydrogens (tertiary/aromatic N) is 1. The Labute approximate surface area is 129 Å². The normalized spacial score (nSPS) is 15.5. The molecule has 2 aromatic heterocycles. The third kappa shape index (κ3) is 3.20. The van der Waals surface area contributed by atoms with Gasteiger partial charge in [0.15, 0.2) is 5.76 Å². The first-order valence-corrected chi connectivity index (χ1v) is 7.49. The minimum atomic E-state index is -0.204. The molecule has 1 N–H and O–H groups in total. The second-order valence-electron chi connectivity index (χ2n) is 5.69. The summed E-state index contributed by atoms with van der Waals surface area (Å²) in [6.45, 7) is 2.38. The first kappa shape index (κ1) is 14.8. The van der Waals surface area contributed by atoms with Crippen LogP contribution in [0.5, 0.6) is 0 Å². The minimum Gasteiger partial charge on any atom is -0.453 e. The van der Waals surface area contributed by atoms with E-state index in [0.29, 0.717) is 24.0 Å². The smallest absolute Gasteiger partial charge is 0.287 e. The van der Waals surface area contributed by atoms with Crippen LogP contribution >= 0.6 is 0 Å². The van der Waals surface area contributed by atoms with Gasteiger partial charge in [-0.2, -0.15) is 0 Å². The van der Waals surface area contributed by atoms with Gasteiger partial charge >= 0.3 is 0 Å². The molecular weight excluding hydrogens is 280 g/mol. The molecule has 0 aromatic carbocycles. The molecule has 0 saturated heterocycles. The van der Waals surface area contributed by atoms with E-state index in [1.165, 1.54) is 0 Å². The Hall–Kier alpha value is -2.14. The Morgan fingerprint density at radius 2 is 2.27 bits per heavy atom. The Bertz CT molecular complexity index is 661. The molecule has 1 aliphatic carbocycles. The fourth-order valence-corrected chi connectivity index (χ4v) is 2.59. The third-order valence-electron chi connectivity index (χ3n) is 3.90. The van der Waals surface area contributed by atoms with E-state index in [-0.39, 0.29) is 11.9 Å². The number of carbonyl (C=O) groups is 1. The molecule has 1 aliphatic rings. The van der Waals surface area contributed by atoms with Crippen molar-refractivity contribution in [2.45, 2.75) is 32.4 Å². The number of nitrogens with one attached hydrogen (secondary N) is 1. The van der Waals surface area contributed by atoms with Crippen LogP contribution in [-0.4, -0.2) is 18.0 Å². The van der Waals surface area contributed by atoms with Gasteiger partial charge in [-0.15, -0.1) is 0 Å². The minimum absolute atomic E-state index is 0.0512. The highest BCUT2D eigenvalue weighted by Crippen LogP contribution is 2.41. The van der Waals surface area contributed by atoms with E-state index in [1.807, 2.05) is 19.1 Å². The molecule has 116 valence electrons.